The summed E-state index contributed by atoms with van der Waals surface area (Å²) in [6.45, 7) is 4.36. The Labute approximate surface area is 130 Å². The molecule has 2 fully saturated rings. The van der Waals surface area contributed by atoms with Gasteiger partial charge in [-0.15, -0.1) is 0 Å². The average Bonchev–Trinajstić information content (AvgIpc) is 2.92. The minimum Gasteiger partial charge on any atom is -0.497 e. The van der Waals surface area contributed by atoms with Crippen molar-refractivity contribution in [2.75, 3.05) is 7.11 Å². The first-order valence-electron chi connectivity index (χ1n) is 7.84. The average molecular weight is 306 g/mol. The van der Waals surface area contributed by atoms with E-state index in [4.69, 9.17) is 23.7 Å². The molecule has 0 unspecified atom stereocenters. The standard InChI is InChI=1S/C17H22O5/c1-17(2)21-15-14-13(20-16(15)22-17)7-5-10-4-6-12(18-3)8-11(10)9-19-14/h4,6,8,13-16H,5,7,9H2,1-3H3/t13-,14+,15-,16-/m1/s1. The zero-order valence-electron chi connectivity index (χ0n) is 13.2. The number of hydrogen-bond acceptors (Lipinski definition) is 5. The van der Waals surface area contributed by atoms with Crippen molar-refractivity contribution in [3.8, 4) is 5.75 Å². The molecule has 2 saturated heterocycles. The van der Waals surface area contributed by atoms with Crippen molar-refractivity contribution in [3.05, 3.63) is 29.3 Å². The molecule has 0 radical (unpaired) electrons. The molecule has 0 amide bonds. The number of rotatable bonds is 1. The topological polar surface area (TPSA) is 46.2 Å². The lowest BCUT2D eigenvalue weighted by Gasteiger charge is -2.28. The molecule has 120 valence electrons. The van der Waals surface area contributed by atoms with Gasteiger partial charge in [0.05, 0.1) is 19.8 Å². The number of ether oxygens (including phenoxy) is 5. The van der Waals surface area contributed by atoms with Crippen LogP contribution in [0.4, 0.5) is 0 Å². The molecule has 3 heterocycles. The lowest BCUT2D eigenvalue weighted by molar-refractivity contribution is -0.220. The Bertz CT molecular complexity index is 570. The van der Waals surface area contributed by atoms with Gasteiger partial charge in [0.25, 0.3) is 0 Å². The lowest BCUT2D eigenvalue weighted by Crippen LogP contribution is -2.37. The predicted molar refractivity (Wildman–Crippen MR) is 78.6 cm³/mol. The Balaban J connectivity index is 1.56. The van der Waals surface area contributed by atoms with Gasteiger partial charge in [0.1, 0.15) is 18.0 Å². The summed E-state index contributed by atoms with van der Waals surface area (Å²) in [7, 11) is 1.68. The summed E-state index contributed by atoms with van der Waals surface area (Å²) in [5, 5.41) is 0. The molecule has 4 rings (SSSR count). The van der Waals surface area contributed by atoms with Crippen LogP contribution >= 0.6 is 0 Å². The molecule has 1 aromatic rings. The van der Waals surface area contributed by atoms with Crippen LogP contribution in [0.25, 0.3) is 0 Å². The molecule has 5 heteroatoms. The third-order valence-corrected chi connectivity index (χ3v) is 4.63. The van der Waals surface area contributed by atoms with Crippen molar-refractivity contribution >= 4 is 0 Å². The number of methoxy groups -OCH3 is 1. The Morgan fingerprint density at radius 3 is 2.82 bits per heavy atom. The first-order valence-corrected chi connectivity index (χ1v) is 7.84. The minimum atomic E-state index is -0.604. The molecule has 3 aliphatic heterocycles. The van der Waals surface area contributed by atoms with Crippen LogP contribution in [0, 0.1) is 0 Å². The Morgan fingerprint density at radius 2 is 2.00 bits per heavy atom. The molecule has 0 bridgehead atoms. The van der Waals surface area contributed by atoms with Crippen LogP contribution in [0.3, 0.4) is 0 Å². The number of aryl methyl sites for hydroxylation is 1. The SMILES string of the molecule is COc1ccc2c(c1)CO[C@@H]1[C@H]3OC(C)(C)O[C@H]3O[C@@H]1CC2. The van der Waals surface area contributed by atoms with Gasteiger partial charge in [0, 0.05) is 0 Å². The van der Waals surface area contributed by atoms with E-state index in [0.29, 0.717) is 6.61 Å². The van der Waals surface area contributed by atoms with E-state index in [1.165, 1.54) is 11.1 Å². The van der Waals surface area contributed by atoms with E-state index >= 15 is 0 Å². The van der Waals surface area contributed by atoms with Crippen molar-refractivity contribution in [2.24, 2.45) is 0 Å². The highest BCUT2D eigenvalue weighted by molar-refractivity contribution is 5.36. The fourth-order valence-corrected chi connectivity index (χ4v) is 3.57. The van der Waals surface area contributed by atoms with Gasteiger partial charge in [-0.25, -0.2) is 0 Å². The molecular weight excluding hydrogens is 284 g/mol. The van der Waals surface area contributed by atoms with E-state index in [1.807, 2.05) is 19.9 Å². The lowest BCUT2D eigenvalue weighted by atomic mass is 9.96. The van der Waals surface area contributed by atoms with E-state index in [9.17, 15) is 0 Å². The second kappa shape index (κ2) is 5.20. The number of fused-ring (bicyclic) bond motifs is 4. The van der Waals surface area contributed by atoms with E-state index in [-0.39, 0.29) is 24.6 Å². The first kappa shape index (κ1) is 14.5. The van der Waals surface area contributed by atoms with Crippen LogP contribution in [0.2, 0.25) is 0 Å². The van der Waals surface area contributed by atoms with Crippen LogP contribution < -0.4 is 4.74 Å². The maximum atomic E-state index is 6.15. The molecule has 0 N–H and O–H groups in total. The maximum absolute atomic E-state index is 6.15. The second-order valence-electron chi connectivity index (χ2n) is 6.59. The molecule has 0 spiro atoms. The maximum Gasteiger partial charge on any atom is 0.190 e. The van der Waals surface area contributed by atoms with Crippen LogP contribution in [-0.2, 0) is 32.0 Å². The van der Waals surface area contributed by atoms with Gasteiger partial charge < -0.3 is 23.7 Å². The number of benzene rings is 1. The van der Waals surface area contributed by atoms with Crippen LogP contribution in [0.5, 0.6) is 5.75 Å². The summed E-state index contributed by atoms with van der Waals surface area (Å²) in [6, 6.07) is 6.17. The van der Waals surface area contributed by atoms with E-state index < -0.39 is 5.79 Å². The molecule has 5 nitrogen and oxygen atoms in total. The zero-order chi connectivity index (χ0) is 15.3. The third-order valence-electron chi connectivity index (χ3n) is 4.63. The van der Waals surface area contributed by atoms with Crippen molar-refractivity contribution in [1.82, 2.24) is 0 Å². The van der Waals surface area contributed by atoms with Crippen molar-refractivity contribution in [1.29, 1.82) is 0 Å². The summed E-state index contributed by atoms with van der Waals surface area (Å²) in [5.41, 5.74) is 2.47. The third kappa shape index (κ3) is 2.42. The Hall–Kier alpha value is -1.14. The number of hydrogen-bond donors (Lipinski definition) is 0. The monoisotopic (exact) mass is 306 g/mol. The molecule has 3 aliphatic rings. The smallest absolute Gasteiger partial charge is 0.190 e. The van der Waals surface area contributed by atoms with Gasteiger partial charge >= 0.3 is 0 Å². The van der Waals surface area contributed by atoms with Crippen molar-refractivity contribution in [3.63, 3.8) is 0 Å². The van der Waals surface area contributed by atoms with Crippen LogP contribution in [0.1, 0.15) is 31.4 Å². The fraction of sp³-hybridized carbons (Fsp3) is 0.647. The fourth-order valence-electron chi connectivity index (χ4n) is 3.57. The largest absolute Gasteiger partial charge is 0.497 e. The summed E-state index contributed by atoms with van der Waals surface area (Å²) < 4.78 is 29.3. The predicted octanol–water partition coefficient (Wildman–Crippen LogP) is 2.40. The molecule has 1 aromatic carbocycles. The first-order chi connectivity index (χ1) is 10.6. The van der Waals surface area contributed by atoms with E-state index in [0.717, 1.165) is 18.6 Å². The highest BCUT2D eigenvalue weighted by Gasteiger charge is 2.55. The zero-order valence-corrected chi connectivity index (χ0v) is 13.2. The van der Waals surface area contributed by atoms with E-state index in [2.05, 4.69) is 12.1 Å². The van der Waals surface area contributed by atoms with Gasteiger partial charge in [0.15, 0.2) is 12.1 Å². The highest BCUT2D eigenvalue weighted by atomic mass is 16.8. The highest BCUT2D eigenvalue weighted by Crippen LogP contribution is 2.41. The van der Waals surface area contributed by atoms with Crippen LogP contribution in [0.15, 0.2) is 18.2 Å². The molecule has 0 aliphatic carbocycles. The summed E-state index contributed by atoms with van der Waals surface area (Å²) in [4.78, 5) is 0. The van der Waals surface area contributed by atoms with Gasteiger partial charge in [-0.2, -0.15) is 0 Å². The molecule has 0 aromatic heterocycles. The summed E-state index contributed by atoms with van der Waals surface area (Å²) >= 11 is 0. The van der Waals surface area contributed by atoms with Gasteiger partial charge in [0.2, 0.25) is 0 Å². The Kier molecular flexibility index (Phi) is 3.42. The quantitative estimate of drug-likeness (QED) is 0.797. The van der Waals surface area contributed by atoms with Crippen molar-refractivity contribution in [2.45, 2.75) is 63.7 Å². The summed E-state index contributed by atoms with van der Waals surface area (Å²) in [5.74, 6) is 0.259. The minimum absolute atomic E-state index is 0.0290. The van der Waals surface area contributed by atoms with Gasteiger partial charge in [-0.1, -0.05) is 6.07 Å². The summed E-state index contributed by atoms with van der Waals surface area (Å²) in [6.07, 6.45) is 1.36. The normalized spacial score (nSPS) is 36.0. The molecular formula is C17H22O5. The van der Waals surface area contributed by atoms with Gasteiger partial charge in [-0.3, -0.25) is 0 Å². The molecule has 4 atom stereocenters. The molecule has 0 saturated carbocycles. The second-order valence-corrected chi connectivity index (χ2v) is 6.59. The van der Waals surface area contributed by atoms with Crippen molar-refractivity contribution < 1.29 is 23.7 Å². The Morgan fingerprint density at radius 1 is 1.14 bits per heavy atom. The van der Waals surface area contributed by atoms with Crippen LogP contribution in [-0.4, -0.2) is 37.5 Å². The van der Waals surface area contributed by atoms with E-state index in [1.54, 1.807) is 7.11 Å². The van der Waals surface area contributed by atoms with Gasteiger partial charge in [-0.05, 0) is 49.9 Å². The molecule has 22 heavy (non-hydrogen) atoms.